The number of ether oxygens (including phenoxy) is 1. The molecule has 2 aromatic carbocycles. The van der Waals surface area contributed by atoms with Gasteiger partial charge >= 0.3 is 0 Å². The monoisotopic (exact) mass is 409 g/mol. The Hall–Kier alpha value is -2.37. The zero-order valence-corrected chi connectivity index (χ0v) is 17.8. The van der Waals surface area contributed by atoms with Gasteiger partial charge in [0.1, 0.15) is 11.8 Å². The first kappa shape index (κ1) is 20.9. The largest absolute Gasteiger partial charge is 0.497 e. The first-order valence-corrected chi connectivity index (χ1v) is 11.1. The van der Waals surface area contributed by atoms with E-state index in [4.69, 9.17) is 4.74 Å². The molecule has 0 aromatic heterocycles. The van der Waals surface area contributed by atoms with Gasteiger partial charge in [-0.25, -0.2) is 0 Å². The van der Waals surface area contributed by atoms with E-state index >= 15 is 0 Å². The quantitative estimate of drug-likeness (QED) is 0.686. The van der Waals surface area contributed by atoms with Crippen LogP contribution in [0.25, 0.3) is 0 Å². The van der Waals surface area contributed by atoms with Crippen LogP contribution >= 0.6 is 0 Å². The lowest BCUT2D eigenvalue weighted by molar-refractivity contribution is -0.937. The van der Waals surface area contributed by atoms with E-state index in [2.05, 4.69) is 17.4 Å². The van der Waals surface area contributed by atoms with Gasteiger partial charge in [0.05, 0.1) is 19.3 Å². The Morgan fingerprint density at radius 3 is 2.63 bits per heavy atom. The zero-order valence-electron chi connectivity index (χ0n) is 17.8. The number of rotatable bonds is 6. The molecular weight excluding hydrogens is 376 g/mol. The fourth-order valence-electron chi connectivity index (χ4n) is 5.40. The molecule has 0 radical (unpaired) electrons. The summed E-state index contributed by atoms with van der Waals surface area (Å²) < 4.78 is 5.33. The van der Waals surface area contributed by atoms with Gasteiger partial charge in [-0.05, 0) is 42.7 Å². The number of benzene rings is 2. The lowest BCUT2D eigenvalue weighted by Gasteiger charge is -2.50. The maximum absolute atomic E-state index is 12.8. The highest BCUT2D eigenvalue weighted by molar-refractivity contribution is 5.76. The van der Waals surface area contributed by atoms with Gasteiger partial charge in [0.2, 0.25) is 0 Å². The number of hydrogen-bond donors (Lipinski definition) is 3. The van der Waals surface area contributed by atoms with Crippen molar-refractivity contribution >= 4 is 5.91 Å². The predicted octanol–water partition coefficient (Wildman–Crippen LogP) is 2.26. The molecule has 2 aromatic rings. The molecule has 5 nitrogen and oxygen atoms in total. The van der Waals surface area contributed by atoms with Gasteiger partial charge in [-0.3, -0.25) is 4.79 Å². The highest BCUT2D eigenvalue weighted by atomic mass is 16.5. The summed E-state index contributed by atoms with van der Waals surface area (Å²) in [5.41, 5.74) is 1.69. The van der Waals surface area contributed by atoms with Crippen molar-refractivity contribution in [1.29, 1.82) is 0 Å². The van der Waals surface area contributed by atoms with Crippen LogP contribution in [0.15, 0.2) is 54.6 Å². The number of aliphatic hydroxyl groups is 1. The number of quaternary nitrogens is 1. The van der Waals surface area contributed by atoms with Crippen molar-refractivity contribution in [3.05, 3.63) is 65.7 Å². The summed E-state index contributed by atoms with van der Waals surface area (Å²) in [4.78, 5) is 14.0. The minimum atomic E-state index is -0.604. The second kappa shape index (κ2) is 9.19. The average molecular weight is 410 g/mol. The summed E-state index contributed by atoms with van der Waals surface area (Å²) in [6.45, 7) is 1.78. The molecule has 0 spiro atoms. The van der Waals surface area contributed by atoms with E-state index in [1.54, 1.807) is 7.11 Å². The summed E-state index contributed by atoms with van der Waals surface area (Å²) in [7, 11) is 1.67. The van der Waals surface area contributed by atoms with Crippen LogP contribution in [0.3, 0.4) is 0 Å². The number of likely N-dealkylation sites (tertiary alicyclic amines) is 1. The molecule has 160 valence electrons. The Balaban J connectivity index is 1.51. The van der Waals surface area contributed by atoms with Gasteiger partial charge in [0.15, 0.2) is 6.54 Å². The number of methoxy groups -OCH3 is 1. The van der Waals surface area contributed by atoms with Crippen LogP contribution < -0.4 is 15.0 Å². The predicted molar refractivity (Wildman–Crippen MR) is 116 cm³/mol. The summed E-state index contributed by atoms with van der Waals surface area (Å²) in [5, 5.41) is 14.5. The van der Waals surface area contributed by atoms with Crippen LogP contribution in [-0.2, 0) is 11.3 Å². The molecule has 3 N–H and O–H groups in total. The van der Waals surface area contributed by atoms with E-state index < -0.39 is 5.60 Å². The van der Waals surface area contributed by atoms with E-state index in [0.717, 1.165) is 50.0 Å². The first-order chi connectivity index (χ1) is 14.6. The first-order valence-electron chi connectivity index (χ1n) is 11.1. The van der Waals surface area contributed by atoms with E-state index in [0.29, 0.717) is 13.1 Å². The number of carbonyl (C=O) groups excluding carboxylic acids is 1. The molecule has 1 aliphatic carbocycles. The Morgan fingerprint density at radius 1 is 1.13 bits per heavy atom. The molecule has 0 bridgehead atoms. The smallest absolute Gasteiger partial charge is 0.275 e. The van der Waals surface area contributed by atoms with Gasteiger partial charge in [-0.15, -0.1) is 0 Å². The second-order valence-corrected chi connectivity index (χ2v) is 8.80. The fraction of sp³-hybridized carbons (Fsp3) is 0.480. The van der Waals surface area contributed by atoms with Gasteiger partial charge in [0.25, 0.3) is 5.91 Å². The van der Waals surface area contributed by atoms with E-state index in [1.165, 1.54) is 10.5 Å². The number of hydrogen-bond acceptors (Lipinski definition) is 3. The molecule has 4 rings (SSSR count). The van der Waals surface area contributed by atoms with Crippen molar-refractivity contribution in [2.24, 2.45) is 5.92 Å². The van der Waals surface area contributed by atoms with Crippen LogP contribution in [0, 0.1) is 5.92 Å². The molecule has 1 saturated heterocycles. The topological polar surface area (TPSA) is 63.0 Å². The van der Waals surface area contributed by atoms with Crippen LogP contribution in [0.1, 0.15) is 49.3 Å². The van der Waals surface area contributed by atoms with Crippen molar-refractivity contribution in [3.8, 4) is 5.75 Å². The third kappa shape index (κ3) is 4.52. The van der Waals surface area contributed by atoms with Crippen LogP contribution in [0.4, 0.5) is 0 Å². The molecule has 4 atom stereocenters. The van der Waals surface area contributed by atoms with Crippen molar-refractivity contribution in [1.82, 2.24) is 5.32 Å². The third-order valence-electron chi connectivity index (χ3n) is 6.98. The highest BCUT2D eigenvalue weighted by Gasteiger charge is 2.51. The molecule has 2 aliphatic rings. The van der Waals surface area contributed by atoms with Gasteiger partial charge in [-0.2, -0.15) is 0 Å². The van der Waals surface area contributed by atoms with Crippen molar-refractivity contribution in [3.63, 3.8) is 0 Å². The second-order valence-electron chi connectivity index (χ2n) is 8.80. The Morgan fingerprint density at radius 2 is 1.90 bits per heavy atom. The van der Waals surface area contributed by atoms with Crippen LogP contribution in [0.2, 0.25) is 0 Å². The van der Waals surface area contributed by atoms with Gasteiger partial charge < -0.3 is 20.1 Å². The maximum atomic E-state index is 12.8. The lowest BCUT2D eigenvalue weighted by atomic mass is 9.66. The van der Waals surface area contributed by atoms with Crippen LogP contribution in [-0.4, -0.2) is 36.8 Å². The van der Waals surface area contributed by atoms with E-state index in [1.807, 2.05) is 42.5 Å². The lowest BCUT2D eigenvalue weighted by Crippen LogP contribution is -3.16. The van der Waals surface area contributed by atoms with E-state index in [9.17, 15) is 9.90 Å². The molecule has 1 heterocycles. The molecule has 1 amide bonds. The SMILES string of the molecule is COc1ccc([C@@H]2[C@@H]3CCCC[C@@]3(O)CC[NH+]2CC(=O)NCc2ccccc2)cc1. The standard InChI is InChI=1S/C25H32N2O3/c1-30-21-12-10-20(11-13-21)24-22-9-5-6-14-25(22,29)15-16-27(24)18-23(28)26-17-19-7-3-2-4-8-19/h2-4,7-8,10-13,22,24,29H,5-6,9,14-18H2,1H3,(H,26,28)/p+1/t22-,24+,25+/m0/s1. The molecule has 1 unspecified atom stereocenters. The van der Waals surface area contributed by atoms with Gasteiger partial charge in [0, 0.05) is 24.4 Å². The average Bonchev–Trinajstić information content (AvgIpc) is 2.78. The number of nitrogens with one attached hydrogen (secondary N) is 2. The molecule has 5 heteroatoms. The normalized spacial score (nSPS) is 28.4. The molecular formula is C25H33N2O3+. The maximum Gasteiger partial charge on any atom is 0.275 e. The van der Waals surface area contributed by atoms with E-state index in [-0.39, 0.29) is 17.9 Å². The number of carbonyl (C=O) groups is 1. The van der Waals surface area contributed by atoms with Gasteiger partial charge in [-0.1, -0.05) is 43.2 Å². The Labute approximate surface area is 179 Å². The summed E-state index contributed by atoms with van der Waals surface area (Å²) >= 11 is 0. The van der Waals surface area contributed by atoms with Crippen molar-refractivity contribution < 1.29 is 19.5 Å². The molecule has 2 fully saturated rings. The zero-order chi connectivity index (χ0) is 21.0. The van der Waals surface area contributed by atoms with Crippen LogP contribution in [0.5, 0.6) is 5.75 Å². The Bertz CT molecular complexity index is 839. The highest BCUT2D eigenvalue weighted by Crippen LogP contribution is 2.44. The summed E-state index contributed by atoms with van der Waals surface area (Å²) in [6, 6.07) is 18.3. The minimum absolute atomic E-state index is 0.0635. The number of piperidine rings is 1. The molecule has 1 saturated carbocycles. The number of amides is 1. The fourth-order valence-corrected chi connectivity index (χ4v) is 5.40. The van der Waals surface area contributed by atoms with Crippen molar-refractivity contribution in [2.45, 2.75) is 50.3 Å². The Kier molecular flexibility index (Phi) is 6.40. The third-order valence-corrected chi connectivity index (χ3v) is 6.98. The number of fused-ring (bicyclic) bond motifs is 1. The molecule has 30 heavy (non-hydrogen) atoms. The summed E-state index contributed by atoms with van der Waals surface area (Å²) in [5.74, 6) is 1.08. The van der Waals surface area contributed by atoms with Crippen molar-refractivity contribution in [2.75, 3.05) is 20.2 Å². The molecule has 1 aliphatic heterocycles. The summed E-state index contributed by atoms with van der Waals surface area (Å²) in [6.07, 6.45) is 4.90. The minimum Gasteiger partial charge on any atom is -0.497 e.